The Morgan fingerprint density at radius 2 is 2.44 bits per heavy atom. The molecular formula is C5H11NO3. The highest BCUT2D eigenvalue weighted by atomic mass is 16.6. The van der Waals surface area contributed by atoms with E-state index in [9.17, 15) is 0 Å². The fourth-order valence-corrected chi connectivity index (χ4v) is 0.842. The average molecular weight is 133 g/mol. The lowest BCUT2D eigenvalue weighted by atomic mass is 10.5. The zero-order valence-electron chi connectivity index (χ0n) is 5.16. The summed E-state index contributed by atoms with van der Waals surface area (Å²) in [6.07, 6.45) is -0.794. The molecule has 54 valence electrons. The van der Waals surface area contributed by atoms with Gasteiger partial charge < -0.3 is 14.9 Å². The van der Waals surface area contributed by atoms with Crippen LogP contribution in [-0.4, -0.2) is 47.8 Å². The monoisotopic (exact) mass is 133 g/mol. The minimum atomic E-state index is -0.794. The van der Waals surface area contributed by atoms with E-state index in [1.54, 1.807) is 4.90 Å². The van der Waals surface area contributed by atoms with E-state index in [1.807, 2.05) is 0 Å². The highest BCUT2D eigenvalue weighted by Gasteiger charge is 2.21. The molecular weight excluding hydrogens is 122 g/mol. The molecule has 1 aliphatic heterocycles. The Morgan fingerprint density at radius 3 is 2.89 bits per heavy atom. The van der Waals surface area contributed by atoms with Crippen molar-refractivity contribution in [3.8, 4) is 0 Å². The van der Waals surface area contributed by atoms with Crippen LogP contribution in [0, 0.1) is 0 Å². The van der Waals surface area contributed by atoms with Gasteiger partial charge in [-0.2, -0.15) is 0 Å². The number of ether oxygens (including phenoxy) is 1. The molecule has 4 nitrogen and oxygen atoms in total. The van der Waals surface area contributed by atoms with Crippen LogP contribution in [0.15, 0.2) is 0 Å². The van der Waals surface area contributed by atoms with Gasteiger partial charge in [-0.3, -0.25) is 4.90 Å². The van der Waals surface area contributed by atoms with E-state index in [4.69, 9.17) is 14.9 Å². The second-order valence-corrected chi connectivity index (χ2v) is 1.96. The number of β-amino-alcohol motifs (C(OH)–C–C–N with tert-alkyl or cyclic N) is 1. The number of rotatable bonds is 2. The minimum Gasteiger partial charge on any atom is -0.395 e. The first-order chi connectivity index (χ1) is 4.34. The molecule has 0 radical (unpaired) electrons. The van der Waals surface area contributed by atoms with Crippen LogP contribution in [0.25, 0.3) is 0 Å². The van der Waals surface area contributed by atoms with Gasteiger partial charge in [0, 0.05) is 13.1 Å². The molecule has 0 aromatic carbocycles. The van der Waals surface area contributed by atoms with Crippen molar-refractivity contribution in [1.29, 1.82) is 0 Å². The van der Waals surface area contributed by atoms with E-state index < -0.39 is 6.41 Å². The molecule has 1 atom stereocenters. The van der Waals surface area contributed by atoms with Gasteiger partial charge in [-0.15, -0.1) is 0 Å². The molecule has 2 N–H and O–H groups in total. The van der Waals surface area contributed by atoms with Crippen molar-refractivity contribution in [1.82, 2.24) is 4.90 Å². The smallest absolute Gasteiger partial charge is 0.216 e. The summed E-state index contributed by atoms with van der Waals surface area (Å²) in [6, 6.07) is 0. The quantitative estimate of drug-likeness (QED) is 0.486. The third-order valence-electron chi connectivity index (χ3n) is 1.35. The lowest BCUT2D eigenvalue weighted by Crippen LogP contribution is -2.32. The molecule has 1 fully saturated rings. The van der Waals surface area contributed by atoms with E-state index in [-0.39, 0.29) is 6.61 Å². The van der Waals surface area contributed by atoms with E-state index in [0.29, 0.717) is 19.7 Å². The first-order valence-corrected chi connectivity index (χ1v) is 2.99. The maximum Gasteiger partial charge on any atom is 0.216 e. The van der Waals surface area contributed by atoms with Crippen molar-refractivity contribution in [3.05, 3.63) is 0 Å². The van der Waals surface area contributed by atoms with Gasteiger partial charge in [0.1, 0.15) is 0 Å². The Kier molecular flexibility index (Phi) is 2.41. The molecule has 1 heterocycles. The number of hydrogen-bond acceptors (Lipinski definition) is 4. The summed E-state index contributed by atoms with van der Waals surface area (Å²) < 4.78 is 4.79. The van der Waals surface area contributed by atoms with Crippen LogP contribution in [0.3, 0.4) is 0 Å². The van der Waals surface area contributed by atoms with Crippen molar-refractivity contribution in [2.24, 2.45) is 0 Å². The average Bonchev–Trinajstić information content (AvgIpc) is 2.18. The van der Waals surface area contributed by atoms with Crippen LogP contribution < -0.4 is 0 Å². The minimum absolute atomic E-state index is 0.0699. The predicted octanol–water partition coefficient (Wildman–Crippen LogP) is -1.41. The molecule has 0 aromatic heterocycles. The first-order valence-electron chi connectivity index (χ1n) is 2.99. The van der Waals surface area contributed by atoms with Gasteiger partial charge in [0.25, 0.3) is 0 Å². The third kappa shape index (κ3) is 1.62. The molecule has 4 heteroatoms. The second-order valence-electron chi connectivity index (χ2n) is 1.96. The first kappa shape index (κ1) is 6.95. The standard InChI is InChI=1S/C5H11NO3/c7-3-1-6-2-4-9-5(6)8/h5,7-8H,1-4H2. The Labute approximate surface area is 53.7 Å². The SMILES string of the molecule is OCCN1CCOC1O. The summed E-state index contributed by atoms with van der Waals surface area (Å²) in [7, 11) is 0. The third-order valence-corrected chi connectivity index (χ3v) is 1.35. The van der Waals surface area contributed by atoms with Crippen molar-refractivity contribution >= 4 is 0 Å². The lowest BCUT2D eigenvalue weighted by molar-refractivity contribution is -0.135. The molecule has 0 saturated carbocycles. The van der Waals surface area contributed by atoms with Gasteiger partial charge in [-0.25, -0.2) is 0 Å². The van der Waals surface area contributed by atoms with Crippen molar-refractivity contribution in [3.63, 3.8) is 0 Å². The fraction of sp³-hybridized carbons (Fsp3) is 1.00. The van der Waals surface area contributed by atoms with Crippen molar-refractivity contribution < 1.29 is 14.9 Å². The highest BCUT2D eigenvalue weighted by molar-refractivity contribution is 4.60. The molecule has 1 rings (SSSR count). The van der Waals surface area contributed by atoms with Crippen LogP contribution in [-0.2, 0) is 4.74 Å². The molecule has 0 aromatic rings. The number of aliphatic hydroxyl groups is 2. The molecule has 0 amide bonds. The Morgan fingerprint density at radius 1 is 1.67 bits per heavy atom. The molecule has 1 unspecified atom stereocenters. The zero-order chi connectivity index (χ0) is 6.69. The number of hydrogen-bond donors (Lipinski definition) is 2. The molecule has 0 spiro atoms. The summed E-state index contributed by atoms with van der Waals surface area (Å²) in [5.74, 6) is 0. The summed E-state index contributed by atoms with van der Waals surface area (Å²) in [6.45, 7) is 1.82. The maximum atomic E-state index is 8.91. The normalized spacial score (nSPS) is 29.3. The molecule has 1 aliphatic rings. The fourth-order valence-electron chi connectivity index (χ4n) is 0.842. The molecule has 9 heavy (non-hydrogen) atoms. The lowest BCUT2D eigenvalue weighted by Gasteiger charge is -2.15. The van der Waals surface area contributed by atoms with Gasteiger partial charge in [-0.1, -0.05) is 0 Å². The largest absolute Gasteiger partial charge is 0.395 e. The highest BCUT2D eigenvalue weighted by Crippen LogP contribution is 2.04. The van der Waals surface area contributed by atoms with Crippen LogP contribution in [0.1, 0.15) is 0 Å². The van der Waals surface area contributed by atoms with E-state index in [0.717, 1.165) is 0 Å². The summed E-state index contributed by atoms with van der Waals surface area (Å²) >= 11 is 0. The molecule has 1 saturated heterocycles. The second kappa shape index (κ2) is 3.12. The predicted molar refractivity (Wildman–Crippen MR) is 30.6 cm³/mol. The van der Waals surface area contributed by atoms with Gasteiger partial charge in [0.05, 0.1) is 13.2 Å². The Hall–Kier alpha value is -0.160. The van der Waals surface area contributed by atoms with Crippen LogP contribution in [0.2, 0.25) is 0 Å². The van der Waals surface area contributed by atoms with Crippen LogP contribution in [0.4, 0.5) is 0 Å². The zero-order valence-corrected chi connectivity index (χ0v) is 5.16. The van der Waals surface area contributed by atoms with Gasteiger partial charge in [0.2, 0.25) is 6.41 Å². The van der Waals surface area contributed by atoms with E-state index in [1.165, 1.54) is 0 Å². The number of nitrogens with zero attached hydrogens (tertiary/aromatic N) is 1. The van der Waals surface area contributed by atoms with Crippen LogP contribution in [0.5, 0.6) is 0 Å². The van der Waals surface area contributed by atoms with Crippen molar-refractivity contribution in [2.45, 2.75) is 6.41 Å². The topological polar surface area (TPSA) is 52.9 Å². The molecule has 0 aliphatic carbocycles. The molecule has 0 bridgehead atoms. The number of aliphatic hydroxyl groups excluding tert-OH is 2. The summed E-state index contributed by atoms with van der Waals surface area (Å²) in [4.78, 5) is 1.67. The maximum absolute atomic E-state index is 8.91. The Balaban J connectivity index is 2.22. The summed E-state index contributed by atoms with van der Waals surface area (Å²) in [5.41, 5.74) is 0. The summed E-state index contributed by atoms with van der Waals surface area (Å²) in [5, 5.41) is 17.3. The van der Waals surface area contributed by atoms with Gasteiger partial charge in [0.15, 0.2) is 0 Å². The van der Waals surface area contributed by atoms with E-state index in [2.05, 4.69) is 0 Å². The van der Waals surface area contributed by atoms with E-state index >= 15 is 0 Å². The van der Waals surface area contributed by atoms with Crippen molar-refractivity contribution in [2.75, 3.05) is 26.3 Å². The van der Waals surface area contributed by atoms with Gasteiger partial charge >= 0.3 is 0 Å². The van der Waals surface area contributed by atoms with Gasteiger partial charge in [-0.05, 0) is 0 Å². The van der Waals surface area contributed by atoms with Crippen LogP contribution >= 0.6 is 0 Å². The Bertz CT molecular complexity index is 88.3.